The molecule has 1 aromatic carbocycles. The number of nitrogens with two attached hydrogens (primary N) is 1. The van der Waals surface area contributed by atoms with Crippen LogP contribution in [0.25, 0.3) is 0 Å². The summed E-state index contributed by atoms with van der Waals surface area (Å²) in [6, 6.07) is 11.4. The first-order chi connectivity index (χ1) is 8.69. The molecule has 0 spiro atoms. The normalized spacial score (nSPS) is 10.2. The van der Waals surface area contributed by atoms with Crippen molar-refractivity contribution < 1.29 is 4.74 Å². The molecule has 0 saturated heterocycles. The van der Waals surface area contributed by atoms with E-state index in [4.69, 9.17) is 10.6 Å². The molecule has 1 aromatic heterocycles. The smallest absolute Gasteiger partial charge is 0.140 e. The Balaban J connectivity index is 2.04. The molecule has 2 aromatic rings. The highest BCUT2D eigenvalue weighted by Crippen LogP contribution is 2.22. The van der Waals surface area contributed by atoms with Gasteiger partial charge in [0.25, 0.3) is 0 Å². The van der Waals surface area contributed by atoms with Crippen molar-refractivity contribution >= 4 is 21.7 Å². The number of aromatic nitrogens is 1. The Hall–Kier alpha value is -1.59. The van der Waals surface area contributed by atoms with E-state index in [0.717, 1.165) is 21.5 Å². The van der Waals surface area contributed by atoms with Crippen molar-refractivity contribution in [2.45, 2.75) is 13.5 Å². The van der Waals surface area contributed by atoms with Crippen LogP contribution in [0.1, 0.15) is 11.3 Å². The number of benzene rings is 1. The van der Waals surface area contributed by atoms with Crippen LogP contribution in [0.3, 0.4) is 0 Å². The summed E-state index contributed by atoms with van der Waals surface area (Å²) in [6.45, 7) is 2.44. The average molecular weight is 308 g/mol. The number of pyridine rings is 1. The van der Waals surface area contributed by atoms with Gasteiger partial charge in [-0.2, -0.15) is 0 Å². The van der Waals surface area contributed by atoms with E-state index in [-0.39, 0.29) is 0 Å². The number of hydrazine groups is 1. The summed E-state index contributed by atoms with van der Waals surface area (Å²) in [5, 5.41) is 0. The van der Waals surface area contributed by atoms with Crippen molar-refractivity contribution in [3.05, 3.63) is 52.1 Å². The van der Waals surface area contributed by atoms with Gasteiger partial charge >= 0.3 is 0 Å². The van der Waals surface area contributed by atoms with Gasteiger partial charge in [0.1, 0.15) is 18.2 Å². The van der Waals surface area contributed by atoms with Crippen molar-refractivity contribution in [1.82, 2.24) is 4.98 Å². The molecular weight excluding hydrogens is 294 g/mol. The minimum atomic E-state index is 0.413. The number of hydrogen-bond acceptors (Lipinski definition) is 4. The first kappa shape index (κ1) is 12.9. The van der Waals surface area contributed by atoms with E-state index in [1.807, 2.05) is 37.3 Å². The first-order valence-corrected chi connectivity index (χ1v) is 6.30. The Morgan fingerprint density at radius 1 is 1.33 bits per heavy atom. The Kier molecular flexibility index (Phi) is 4.17. The molecule has 3 N–H and O–H groups in total. The number of nitrogens with zero attached hydrogens (tertiary/aromatic N) is 1. The lowest BCUT2D eigenvalue weighted by Crippen LogP contribution is -2.09. The third-order valence-electron chi connectivity index (χ3n) is 2.47. The molecule has 18 heavy (non-hydrogen) atoms. The summed E-state index contributed by atoms with van der Waals surface area (Å²) in [4.78, 5) is 4.28. The molecule has 0 aliphatic rings. The van der Waals surface area contributed by atoms with Gasteiger partial charge in [0.15, 0.2) is 0 Å². The molecule has 94 valence electrons. The fourth-order valence-corrected chi connectivity index (χ4v) is 1.75. The zero-order valence-electron chi connectivity index (χ0n) is 9.98. The summed E-state index contributed by atoms with van der Waals surface area (Å²) in [5.74, 6) is 6.75. The van der Waals surface area contributed by atoms with Gasteiger partial charge < -0.3 is 10.2 Å². The lowest BCUT2D eigenvalue weighted by Gasteiger charge is -2.08. The van der Waals surface area contributed by atoms with Crippen LogP contribution in [0.4, 0.5) is 5.82 Å². The molecule has 0 saturated carbocycles. The SMILES string of the molecule is Cc1cc(OCc2cccc(NN)n2)ccc1Br. The maximum atomic E-state index is 5.68. The number of anilines is 1. The van der Waals surface area contributed by atoms with E-state index in [1.165, 1.54) is 0 Å². The number of ether oxygens (including phenoxy) is 1. The fraction of sp³-hybridized carbons (Fsp3) is 0.154. The third kappa shape index (κ3) is 3.21. The number of halogens is 1. The average Bonchev–Trinajstić information content (AvgIpc) is 2.40. The van der Waals surface area contributed by atoms with E-state index in [1.54, 1.807) is 6.07 Å². The van der Waals surface area contributed by atoms with Crippen LogP contribution < -0.4 is 16.0 Å². The quantitative estimate of drug-likeness (QED) is 0.673. The molecule has 0 fully saturated rings. The first-order valence-electron chi connectivity index (χ1n) is 5.50. The Labute approximate surface area is 114 Å². The van der Waals surface area contributed by atoms with Gasteiger partial charge in [-0.25, -0.2) is 10.8 Å². The summed E-state index contributed by atoms with van der Waals surface area (Å²) < 4.78 is 6.75. The largest absolute Gasteiger partial charge is 0.487 e. The van der Waals surface area contributed by atoms with Gasteiger partial charge in [0.2, 0.25) is 0 Å². The molecule has 4 nitrogen and oxygen atoms in total. The van der Waals surface area contributed by atoms with E-state index >= 15 is 0 Å². The number of rotatable bonds is 4. The number of aryl methyl sites for hydroxylation is 1. The van der Waals surface area contributed by atoms with E-state index in [2.05, 4.69) is 26.3 Å². The summed E-state index contributed by atoms with van der Waals surface area (Å²) >= 11 is 3.45. The number of nitrogen functional groups attached to an aromatic ring is 1. The van der Waals surface area contributed by atoms with Crippen LogP contribution in [0.15, 0.2) is 40.9 Å². The Morgan fingerprint density at radius 3 is 2.89 bits per heavy atom. The van der Waals surface area contributed by atoms with E-state index in [9.17, 15) is 0 Å². The fourth-order valence-electron chi connectivity index (χ4n) is 1.50. The van der Waals surface area contributed by atoms with Gasteiger partial charge in [0, 0.05) is 4.47 Å². The van der Waals surface area contributed by atoms with Crippen LogP contribution in [-0.4, -0.2) is 4.98 Å². The lowest BCUT2D eigenvalue weighted by atomic mass is 10.2. The molecule has 2 rings (SSSR count). The van der Waals surface area contributed by atoms with E-state index in [0.29, 0.717) is 12.4 Å². The van der Waals surface area contributed by atoms with Crippen molar-refractivity contribution in [3.63, 3.8) is 0 Å². The molecule has 0 radical (unpaired) electrons. The van der Waals surface area contributed by atoms with Gasteiger partial charge in [0.05, 0.1) is 5.69 Å². The molecule has 0 aliphatic heterocycles. The number of nitrogens with one attached hydrogen (secondary N) is 1. The lowest BCUT2D eigenvalue weighted by molar-refractivity contribution is 0.301. The third-order valence-corrected chi connectivity index (χ3v) is 3.36. The minimum Gasteiger partial charge on any atom is -0.487 e. The molecule has 0 aliphatic carbocycles. The maximum Gasteiger partial charge on any atom is 0.140 e. The van der Waals surface area contributed by atoms with Crippen molar-refractivity contribution in [3.8, 4) is 5.75 Å². The maximum absolute atomic E-state index is 5.68. The topological polar surface area (TPSA) is 60.2 Å². The summed E-state index contributed by atoms with van der Waals surface area (Å²) in [6.07, 6.45) is 0. The summed E-state index contributed by atoms with van der Waals surface area (Å²) in [7, 11) is 0. The van der Waals surface area contributed by atoms with Crippen molar-refractivity contribution in [2.24, 2.45) is 5.84 Å². The van der Waals surface area contributed by atoms with Gasteiger partial charge in [-0.3, -0.25) is 0 Å². The molecule has 0 bridgehead atoms. The zero-order chi connectivity index (χ0) is 13.0. The summed E-state index contributed by atoms with van der Waals surface area (Å²) in [5.41, 5.74) is 4.47. The zero-order valence-corrected chi connectivity index (χ0v) is 11.6. The highest BCUT2D eigenvalue weighted by atomic mass is 79.9. The van der Waals surface area contributed by atoms with Crippen LogP contribution >= 0.6 is 15.9 Å². The molecule has 0 amide bonds. The van der Waals surface area contributed by atoms with Crippen LogP contribution in [0.5, 0.6) is 5.75 Å². The van der Waals surface area contributed by atoms with E-state index < -0.39 is 0 Å². The second-order valence-corrected chi connectivity index (χ2v) is 4.71. The predicted molar refractivity (Wildman–Crippen MR) is 75.3 cm³/mol. The Bertz CT molecular complexity index is 546. The minimum absolute atomic E-state index is 0.413. The van der Waals surface area contributed by atoms with Crippen LogP contribution in [0, 0.1) is 6.92 Å². The van der Waals surface area contributed by atoms with Gasteiger partial charge in [-0.05, 0) is 42.8 Å². The highest BCUT2D eigenvalue weighted by Gasteiger charge is 2.01. The number of hydrogen-bond donors (Lipinski definition) is 2. The van der Waals surface area contributed by atoms with Crippen molar-refractivity contribution in [1.29, 1.82) is 0 Å². The second-order valence-electron chi connectivity index (χ2n) is 3.86. The molecule has 0 atom stereocenters. The van der Waals surface area contributed by atoms with Crippen LogP contribution in [0.2, 0.25) is 0 Å². The monoisotopic (exact) mass is 307 g/mol. The second kappa shape index (κ2) is 5.84. The van der Waals surface area contributed by atoms with Gasteiger partial charge in [-0.1, -0.05) is 22.0 Å². The Morgan fingerprint density at radius 2 is 2.17 bits per heavy atom. The predicted octanol–water partition coefficient (Wildman–Crippen LogP) is 3.02. The molecule has 1 heterocycles. The molecule has 0 unspecified atom stereocenters. The standard InChI is InChI=1S/C13H14BrN3O/c1-9-7-11(5-6-12(9)14)18-8-10-3-2-4-13(16-10)17-15/h2-7H,8,15H2,1H3,(H,16,17). The van der Waals surface area contributed by atoms with Crippen LogP contribution in [-0.2, 0) is 6.61 Å². The molecular formula is C13H14BrN3O. The van der Waals surface area contributed by atoms with Gasteiger partial charge in [-0.15, -0.1) is 0 Å². The molecule has 5 heteroatoms. The van der Waals surface area contributed by atoms with Crippen molar-refractivity contribution in [2.75, 3.05) is 5.43 Å². The highest BCUT2D eigenvalue weighted by molar-refractivity contribution is 9.10.